The minimum atomic E-state index is -0.462. The molecule has 136 valence electrons. The quantitative estimate of drug-likeness (QED) is 0.604. The van der Waals surface area contributed by atoms with Crippen molar-refractivity contribution in [3.8, 4) is 0 Å². The molecule has 0 radical (unpaired) electrons. The van der Waals surface area contributed by atoms with E-state index in [2.05, 4.69) is 9.97 Å². The monoisotopic (exact) mass is 356 g/mol. The largest absolute Gasteiger partial charge is 0.372 e. The van der Waals surface area contributed by atoms with E-state index in [0.717, 1.165) is 0 Å². The van der Waals surface area contributed by atoms with Crippen molar-refractivity contribution in [3.05, 3.63) is 52.3 Å². The van der Waals surface area contributed by atoms with Crippen LogP contribution in [-0.4, -0.2) is 66.0 Å². The van der Waals surface area contributed by atoms with Crippen LogP contribution in [-0.2, 0) is 0 Å². The second kappa shape index (κ2) is 7.34. The molecule has 9 nitrogen and oxygen atoms in total. The van der Waals surface area contributed by atoms with Crippen LogP contribution in [0.4, 0.5) is 17.3 Å². The Morgan fingerprint density at radius 3 is 2.38 bits per heavy atom. The molecule has 26 heavy (non-hydrogen) atoms. The molecule has 0 saturated carbocycles. The summed E-state index contributed by atoms with van der Waals surface area (Å²) < 4.78 is 0. The highest BCUT2D eigenvalue weighted by Gasteiger charge is 2.25. The van der Waals surface area contributed by atoms with Crippen LogP contribution in [0.25, 0.3) is 0 Å². The molecule has 0 bridgehead atoms. The third-order valence-corrected chi connectivity index (χ3v) is 4.30. The first kappa shape index (κ1) is 17.6. The average Bonchev–Trinajstić information content (AvgIpc) is 2.67. The predicted octanol–water partition coefficient (Wildman–Crippen LogP) is 1.41. The number of aromatic nitrogens is 2. The number of amides is 1. The van der Waals surface area contributed by atoms with Crippen molar-refractivity contribution in [1.82, 2.24) is 14.9 Å². The lowest BCUT2D eigenvalue weighted by Crippen LogP contribution is -2.49. The Bertz CT molecular complexity index is 803. The van der Waals surface area contributed by atoms with Crippen LogP contribution >= 0.6 is 0 Å². The second-order valence-electron chi connectivity index (χ2n) is 6.18. The standard InChI is InChI=1S/C17H20N6O3/c1-20(2)14-5-4-13(12-15(14)23(25)26)16(24)21-8-10-22(11-9-21)17-18-6-3-7-19-17/h3-7,12H,8-11H2,1-2H3. The summed E-state index contributed by atoms with van der Waals surface area (Å²) in [6, 6.07) is 6.36. The van der Waals surface area contributed by atoms with Crippen molar-refractivity contribution in [2.45, 2.75) is 0 Å². The number of carbonyl (C=O) groups excluding carboxylic acids is 1. The predicted molar refractivity (Wildman–Crippen MR) is 97.6 cm³/mol. The Labute approximate surface area is 151 Å². The van der Waals surface area contributed by atoms with Crippen molar-refractivity contribution in [2.24, 2.45) is 0 Å². The summed E-state index contributed by atoms with van der Waals surface area (Å²) in [7, 11) is 3.46. The van der Waals surface area contributed by atoms with Gasteiger partial charge in [-0.25, -0.2) is 9.97 Å². The molecule has 1 aromatic heterocycles. The highest BCUT2D eigenvalue weighted by atomic mass is 16.6. The summed E-state index contributed by atoms with van der Waals surface area (Å²) in [6.07, 6.45) is 3.37. The number of nitrogens with zero attached hydrogens (tertiary/aromatic N) is 6. The fraction of sp³-hybridized carbons (Fsp3) is 0.353. The Kier molecular flexibility index (Phi) is 4.97. The fourth-order valence-electron chi connectivity index (χ4n) is 2.93. The lowest BCUT2D eigenvalue weighted by molar-refractivity contribution is -0.384. The molecular formula is C17H20N6O3. The van der Waals surface area contributed by atoms with E-state index >= 15 is 0 Å². The highest BCUT2D eigenvalue weighted by molar-refractivity contribution is 5.96. The number of carbonyl (C=O) groups is 1. The molecular weight excluding hydrogens is 336 g/mol. The van der Waals surface area contributed by atoms with Gasteiger partial charge in [0.1, 0.15) is 5.69 Å². The van der Waals surface area contributed by atoms with Gasteiger partial charge in [-0.1, -0.05) is 0 Å². The Balaban J connectivity index is 1.72. The van der Waals surface area contributed by atoms with E-state index in [0.29, 0.717) is 43.4 Å². The minimum absolute atomic E-state index is 0.0721. The van der Waals surface area contributed by atoms with Gasteiger partial charge in [0, 0.05) is 64.3 Å². The van der Waals surface area contributed by atoms with E-state index in [9.17, 15) is 14.9 Å². The minimum Gasteiger partial charge on any atom is -0.372 e. The van der Waals surface area contributed by atoms with Gasteiger partial charge in [-0.15, -0.1) is 0 Å². The molecule has 1 aromatic carbocycles. The van der Waals surface area contributed by atoms with Gasteiger partial charge in [0.2, 0.25) is 5.95 Å². The second-order valence-corrected chi connectivity index (χ2v) is 6.18. The number of benzene rings is 1. The lowest BCUT2D eigenvalue weighted by Gasteiger charge is -2.34. The lowest BCUT2D eigenvalue weighted by atomic mass is 10.1. The first-order valence-corrected chi connectivity index (χ1v) is 8.24. The molecule has 0 aliphatic carbocycles. The zero-order chi connectivity index (χ0) is 18.7. The van der Waals surface area contributed by atoms with Crippen LogP contribution < -0.4 is 9.80 Å². The number of anilines is 2. The van der Waals surface area contributed by atoms with Crippen molar-refractivity contribution >= 4 is 23.2 Å². The Morgan fingerprint density at radius 1 is 1.15 bits per heavy atom. The number of rotatable bonds is 4. The summed E-state index contributed by atoms with van der Waals surface area (Å²) >= 11 is 0. The molecule has 1 fully saturated rings. The number of piperazine rings is 1. The first-order valence-electron chi connectivity index (χ1n) is 8.24. The third kappa shape index (κ3) is 3.56. The topological polar surface area (TPSA) is 95.7 Å². The van der Waals surface area contributed by atoms with Gasteiger partial charge in [0.15, 0.2) is 0 Å². The number of nitro groups is 1. The summed E-state index contributed by atoms with van der Waals surface area (Å²) in [5.41, 5.74) is 0.724. The molecule has 0 atom stereocenters. The van der Waals surface area contributed by atoms with Gasteiger partial charge < -0.3 is 14.7 Å². The third-order valence-electron chi connectivity index (χ3n) is 4.30. The van der Waals surface area contributed by atoms with E-state index < -0.39 is 4.92 Å². The zero-order valence-corrected chi connectivity index (χ0v) is 14.7. The molecule has 1 amide bonds. The van der Waals surface area contributed by atoms with Crippen LogP contribution in [0.15, 0.2) is 36.7 Å². The Hall–Kier alpha value is -3.23. The molecule has 0 spiro atoms. The van der Waals surface area contributed by atoms with Gasteiger partial charge >= 0.3 is 0 Å². The maximum absolute atomic E-state index is 12.7. The molecule has 0 unspecified atom stereocenters. The average molecular weight is 356 g/mol. The smallest absolute Gasteiger partial charge is 0.293 e. The molecule has 9 heteroatoms. The van der Waals surface area contributed by atoms with E-state index in [1.807, 2.05) is 4.90 Å². The number of hydrogen-bond acceptors (Lipinski definition) is 7. The maximum Gasteiger partial charge on any atom is 0.293 e. The highest BCUT2D eigenvalue weighted by Crippen LogP contribution is 2.28. The van der Waals surface area contributed by atoms with Crippen molar-refractivity contribution in [3.63, 3.8) is 0 Å². The van der Waals surface area contributed by atoms with Gasteiger partial charge in [0.25, 0.3) is 11.6 Å². The van der Waals surface area contributed by atoms with Crippen LogP contribution in [0.3, 0.4) is 0 Å². The molecule has 3 rings (SSSR count). The van der Waals surface area contributed by atoms with Crippen molar-refractivity contribution < 1.29 is 9.72 Å². The molecule has 2 aromatic rings. The maximum atomic E-state index is 12.7. The van der Waals surface area contributed by atoms with Crippen molar-refractivity contribution in [1.29, 1.82) is 0 Å². The van der Waals surface area contributed by atoms with E-state index in [4.69, 9.17) is 0 Å². The normalized spacial score (nSPS) is 14.2. The molecule has 1 saturated heterocycles. The van der Waals surface area contributed by atoms with E-state index in [-0.39, 0.29) is 11.6 Å². The number of hydrogen-bond donors (Lipinski definition) is 0. The van der Waals surface area contributed by atoms with Gasteiger partial charge in [0.05, 0.1) is 4.92 Å². The van der Waals surface area contributed by atoms with E-state index in [1.54, 1.807) is 54.5 Å². The zero-order valence-electron chi connectivity index (χ0n) is 14.7. The Morgan fingerprint density at radius 2 is 1.81 bits per heavy atom. The fourth-order valence-corrected chi connectivity index (χ4v) is 2.93. The summed E-state index contributed by atoms with van der Waals surface area (Å²) in [5, 5.41) is 11.3. The van der Waals surface area contributed by atoms with Crippen molar-refractivity contribution in [2.75, 3.05) is 50.1 Å². The molecule has 2 heterocycles. The first-order chi connectivity index (χ1) is 12.5. The van der Waals surface area contributed by atoms with Gasteiger partial charge in [-0.3, -0.25) is 14.9 Å². The number of nitro benzene ring substituents is 1. The van der Waals surface area contributed by atoms with Crippen LogP contribution in [0.2, 0.25) is 0 Å². The summed E-state index contributed by atoms with van der Waals surface area (Å²) in [4.78, 5) is 37.4. The van der Waals surface area contributed by atoms with Crippen LogP contribution in [0, 0.1) is 10.1 Å². The van der Waals surface area contributed by atoms with Crippen LogP contribution in [0.5, 0.6) is 0 Å². The molecule has 1 aliphatic rings. The molecule has 0 N–H and O–H groups in total. The van der Waals surface area contributed by atoms with E-state index in [1.165, 1.54) is 6.07 Å². The van der Waals surface area contributed by atoms with Gasteiger partial charge in [-0.05, 0) is 18.2 Å². The SMILES string of the molecule is CN(C)c1ccc(C(=O)N2CCN(c3ncccn3)CC2)cc1[N+](=O)[O-]. The summed E-state index contributed by atoms with van der Waals surface area (Å²) in [6.45, 7) is 2.27. The van der Waals surface area contributed by atoms with Gasteiger partial charge in [-0.2, -0.15) is 0 Å². The van der Waals surface area contributed by atoms with Crippen LogP contribution in [0.1, 0.15) is 10.4 Å². The summed E-state index contributed by atoms with van der Waals surface area (Å²) in [5.74, 6) is 0.442. The molecule has 1 aliphatic heterocycles.